The van der Waals surface area contributed by atoms with E-state index >= 15 is 0 Å². The van der Waals surface area contributed by atoms with Crippen molar-refractivity contribution in [3.8, 4) is 0 Å². The summed E-state index contributed by atoms with van der Waals surface area (Å²) in [5.74, 6) is 0. The zero-order valence-corrected chi connectivity index (χ0v) is 7.79. The molecule has 4 nitrogen and oxygen atoms in total. The first-order valence-corrected chi connectivity index (χ1v) is 4.91. The number of rotatable bonds is 2. The molecule has 1 aromatic heterocycles. The molecule has 13 heavy (non-hydrogen) atoms. The highest BCUT2D eigenvalue weighted by molar-refractivity contribution is 7.14. The van der Waals surface area contributed by atoms with Crippen molar-refractivity contribution in [3.05, 3.63) is 17.5 Å². The van der Waals surface area contributed by atoms with Crippen molar-refractivity contribution >= 4 is 22.4 Å². The fourth-order valence-electron chi connectivity index (χ4n) is 1.25. The van der Waals surface area contributed by atoms with Gasteiger partial charge in [0.2, 0.25) is 0 Å². The van der Waals surface area contributed by atoms with E-state index in [0.29, 0.717) is 13.1 Å². The molecule has 0 aromatic carbocycles. The van der Waals surface area contributed by atoms with E-state index < -0.39 is 0 Å². The fraction of sp³-hybridized carbons (Fsp3) is 0.375. The first kappa shape index (κ1) is 8.52. The van der Waals surface area contributed by atoms with Crippen LogP contribution in [0.15, 0.2) is 17.5 Å². The number of ether oxygens (including phenoxy) is 1. The van der Waals surface area contributed by atoms with Crippen molar-refractivity contribution < 1.29 is 9.53 Å². The lowest BCUT2D eigenvalue weighted by molar-refractivity contribution is 0.145. The molecule has 0 bridgehead atoms. The summed E-state index contributed by atoms with van der Waals surface area (Å²) in [7, 11) is 0. The zero-order valence-electron chi connectivity index (χ0n) is 6.97. The number of thiophene rings is 1. The molecular weight excluding hydrogens is 188 g/mol. The van der Waals surface area contributed by atoms with Crippen LogP contribution in [-0.2, 0) is 4.74 Å². The van der Waals surface area contributed by atoms with E-state index in [-0.39, 0.29) is 12.2 Å². The number of nitrogens with zero attached hydrogens (tertiary/aromatic N) is 1. The normalized spacial score (nSPS) is 22.1. The Morgan fingerprint density at radius 1 is 1.77 bits per heavy atom. The summed E-state index contributed by atoms with van der Waals surface area (Å²) in [6.07, 6.45) is -0.451. The maximum atomic E-state index is 11.3. The number of hydrogen-bond donors (Lipinski definition) is 1. The maximum Gasteiger partial charge on any atom is 0.415 e. The van der Waals surface area contributed by atoms with Gasteiger partial charge in [-0.05, 0) is 17.5 Å². The number of cyclic esters (lactones) is 1. The van der Waals surface area contributed by atoms with Crippen molar-refractivity contribution in [3.63, 3.8) is 0 Å². The molecule has 1 saturated heterocycles. The molecular formula is C8H10N2O2S. The van der Waals surface area contributed by atoms with E-state index in [2.05, 4.69) is 0 Å². The summed E-state index contributed by atoms with van der Waals surface area (Å²) >= 11 is 1.52. The van der Waals surface area contributed by atoms with Crippen LogP contribution in [-0.4, -0.2) is 25.3 Å². The number of amides is 1. The van der Waals surface area contributed by atoms with Gasteiger partial charge in [-0.25, -0.2) is 4.79 Å². The highest BCUT2D eigenvalue weighted by atomic mass is 32.1. The van der Waals surface area contributed by atoms with Crippen molar-refractivity contribution in [2.24, 2.45) is 5.73 Å². The van der Waals surface area contributed by atoms with Crippen LogP contribution in [0.5, 0.6) is 0 Å². The Kier molecular flexibility index (Phi) is 2.20. The summed E-state index contributed by atoms with van der Waals surface area (Å²) in [6, 6.07) is 3.80. The lowest BCUT2D eigenvalue weighted by Crippen LogP contribution is -2.26. The number of carbonyl (C=O) groups is 1. The Balaban J connectivity index is 2.14. The molecule has 0 saturated carbocycles. The second-order valence-electron chi connectivity index (χ2n) is 2.80. The first-order valence-electron chi connectivity index (χ1n) is 4.03. The van der Waals surface area contributed by atoms with E-state index in [0.717, 1.165) is 5.00 Å². The molecule has 1 aliphatic rings. The number of nitrogens with two attached hydrogens (primary N) is 1. The highest BCUT2D eigenvalue weighted by Gasteiger charge is 2.31. The standard InChI is InChI=1S/C8H10N2O2S/c9-4-6-5-10(8(11)12-6)7-2-1-3-13-7/h1-3,6H,4-5,9H2/t6-/m1/s1. The lowest BCUT2D eigenvalue weighted by Gasteiger charge is -2.08. The molecule has 0 spiro atoms. The van der Waals surface area contributed by atoms with Crippen LogP contribution in [0.4, 0.5) is 9.80 Å². The van der Waals surface area contributed by atoms with Gasteiger partial charge < -0.3 is 10.5 Å². The summed E-state index contributed by atoms with van der Waals surface area (Å²) in [5, 5.41) is 2.85. The molecule has 2 heterocycles. The maximum absolute atomic E-state index is 11.3. The van der Waals surface area contributed by atoms with E-state index in [1.54, 1.807) is 4.90 Å². The van der Waals surface area contributed by atoms with Gasteiger partial charge in [-0.3, -0.25) is 4.90 Å². The number of anilines is 1. The first-order chi connectivity index (χ1) is 6.31. The quantitative estimate of drug-likeness (QED) is 0.772. The smallest absolute Gasteiger partial charge is 0.415 e. The van der Waals surface area contributed by atoms with Crippen molar-refractivity contribution in [1.82, 2.24) is 0 Å². The largest absolute Gasteiger partial charge is 0.443 e. The summed E-state index contributed by atoms with van der Waals surface area (Å²) in [6.45, 7) is 0.948. The van der Waals surface area contributed by atoms with Crippen LogP contribution in [0.2, 0.25) is 0 Å². The SMILES string of the molecule is NC[C@@H]1CN(c2cccs2)C(=O)O1. The number of carbonyl (C=O) groups excluding carboxylic acids is 1. The Labute approximate surface area is 79.9 Å². The third-order valence-corrected chi connectivity index (χ3v) is 2.80. The lowest BCUT2D eigenvalue weighted by atomic mass is 10.3. The van der Waals surface area contributed by atoms with Crippen molar-refractivity contribution in [2.75, 3.05) is 18.0 Å². The topological polar surface area (TPSA) is 55.6 Å². The molecule has 0 aliphatic carbocycles. The van der Waals surface area contributed by atoms with Crippen LogP contribution in [0.25, 0.3) is 0 Å². The van der Waals surface area contributed by atoms with Gasteiger partial charge in [0.15, 0.2) is 0 Å². The number of hydrogen-bond acceptors (Lipinski definition) is 4. The van der Waals surface area contributed by atoms with Gasteiger partial charge in [-0.2, -0.15) is 0 Å². The van der Waals surface area contributed by atoms with Gasteiger partial charge in [-0.1, -0.05) is 0 Å². The van der Waals surface area contributed by atoms with Gasteiger partial charge >= 0.3 is 6.09 Å². The van der Waals surface area contributed by atoms with E-state index in [9.17, 15) is 4.79 Å². The molecule has 1 aromatic rings. The van der Waals surface area contributed by atoms with Crippen molar-refractivity contribution in [1.29, 1.82) is 0 Å². The second kappa shape index (κ2) is 3.35. The Morgan fingerprint density at radius 3 is 3.15 bits per heavy atom. The van der Waals surface area contributed by atoms with Crippen LogP contribution in [0.1, 0.15) is 0 Å². The average Bonchev–Trinajstić information content (AvgIpc) is 2.72. The molecule has 0 unspecified atom stereocenters. The minimum Gasteiger partial charge on any atom is -0.443 e. The third kappa shape index (κ3) is 1.52. The van der Waals surface area contributed by atoms with Gasteiger partial charge in [0, 0.05) is 6.54 Å². The summed E-state index contributed by atoms with van der Waals surface area (Å²) in [5.41, 5.74) is 5.41. The van der Waals surface area contributed by atoms with Crippen LogP contribution >= 0.6 is 11.3 Å². The Hall–Kier alpha value is -1.07. The molecule has 70 valence electrons. The van der Waals surface area contributed by atoms with Crippen molar-refractivity contribution in [2.45, 2.75) is 6.10 Å². The van der Waals surface area contributed by atoms with Crippen LogP contribution in [0.3, 0.4) is 0 Å². The van der Waals surface area contributed by atoms with E-state index in [1.807, 2.05) is 17.5 Å². The van der Waals surface area contributed by atoms with Gasteiger partial charge in [0.1, 0.15) is 11.1 Å². The Morgan fingerprint density at radius 2 is 2.62 bits per heavy atom. The average molecular weight is 198 g/mol. The Bertz CT molecular complexity index is 299. The predicted molar refractivity (Wildman–Crippen MR) is 51.0 cm³/mol. The third-order valence-electron chi connectivity index (χ3n) is 1.91. The monoisotopic (exact) mass is 198 g/mol. The summed E-state index contributed by atoms with van der Waals surface area (Å²) < 4.78 is 5.02. The molecule has 0 radical (unpaired) electrons. The second-order valence-corrected chi connectivity index (χ2v) is 3.73. The molecule has 1 amide bonds. The summed E-state index contributed by atoms with van der Waals surface area (Å²) in [4.78, 5) is 12.9. The fourth-order valence-corrected chi connectivity index (χ4v) is 1.98. The zero-order chi connectivity index (χ0) is 9.26. The van der Waals surface area contributed by atoms with Crippen LogP contribution < -0.4 is 10.6 Å². The van der Waals surface area contributed by atoms with Gasteiger partial charge in [0.25, 0.3) is 0 Å². The minimum absolute atomic E-state index is 0.158. The molecule has 1 aliphatic heterocycles. The minimum atomic E-state index is -0.294. The molecule has 5 heteroatoms. The molecule has 1 fully saturated rings. The highest BCUT2D eigenvalue weighted by Crippen LogP contribution is 2.25. The van der Waals surface area contributed by atoms with Gasteiger partial charge in [-0.15, -0.1) is 11.3 Å². The van der Waals surface area contributed by atoms with E-state index in [1.165, 1.54) is 11.3 Å². The molecule has 2 N–H and O–H groups in total. The predicted octanol–water partition coefficient (Wildman–Crippen LogP) is 1.03. The molecule has 2 rings (SSSR count). The van der Waals surface area contributed by atoms with Gasteiger partial charge in [0.05, 0.1) is 6.54 Å². The van der Waals surface area contributed by atoms with E-state index in [4.69, 9.17) is 10.5 Å². The van der Waals surface area contributed by atoms with Crippen LogP contribution in [0, 0.1) is 0 Å². The molecule has 1 atom stereocenters.